The number of carbonyl (C=O) groups excluding carboxylic acids is 1. The molecule has 0 bridgehead atoms. The smallest absolute Gasteiger partial charge is 0.220 e. The molecule has 0 fully saturated rings. The molecule has 0 radical (unpaired) electrons. The number of nitrogens with one attached hydrogen (secondary N) is 2. The molecule has 1 aromatic heterocycles. The molecule has 0 aromatic carbocycles. The summed E-state index contributed by atoms with van der Waals surface area (Å²) >= 11 is 0. The lowest BCUT2D eigenvalue weighted by Gasteiger charge is -2.09. The van der Waals surface area contributed by atoms with Crippen molar-refractivity contribution < 1.29 is 4.79 Å². The summed E-state index contributed by atoms with van der Waals surface area (Å²) in [5.41, 5.74) is 0.892. The van der Waals surface area contributed by atoms with Crippen LogP contribution < -0.4 is 10.6 Å². The van der Waals surface area contributed by atoms with Crippen LogP contribution in [0.3, 0.4) is 0 Å². The fourth-order valence-electron chi connectivity index (χ4n) is 2.06. The minimum atomic E-state index is 0.119. The van der Waals surface area contributed by atoms with Gasteiger partial charge in [0.1, 0.15) is 5.82 Å². The normalized spacial score (nSPS) is 17.4. The quantitative estimate of drug-likeness (QED) is 0.603. The van der Waals surface area contributed by atoms with Crippen LogP contribution in [0.25, 0.3) is 0 Å². The third-order valence-electron chi connectivity index (χ3n) is 3.11. The van der Waals surface area contributed by atoms with Gasteiger partial charge in [-0.2, -0.15) is 5.10 Å². The first-order valence-electron chi connectivity index (χ1n) is 6.71. The van der Waals surface area contributed by atoms with E-state index in [1.807, 2.05) is 19.1 Å². The molecule has 1 amide bonds. The Morgan fingerprint density at radius 2 is 2.26 bits per heavy atom. The molecule has 2 N–H and O–H groups in total. The van der Waals surface area contributed by atoms with E-state index in [4.69, 9.17) is 0 Å². The summed E-state index contributed by atoms with van der Waals surface area (Å²) in [7, 11) is 0. The molecule has 5 heteroatoms. The van der Waals surface area contributed by atoms with E-state index in [-0.39, 0.29) is 5.91 Å². The maximum absolute atomic E-state index is 11.7. The van der Waals surface area contributed by atoms with Crippen molar-refractivity contribution in [2.45, 2.75) is 26.2 Å². The molecule has 1 aromatic rings. The predicted molar refractivity (Wildman–Crippen MR) is 74.7 cm³/mol. The van der Waals surface area contributed by atoms with Gasteiger partial charge in [-0.1, -0.05) is 12.2 Å². The molecule has 102 valence electrons. The predicted octanol–water partition coefficient (Wildman–Crippen LogP) is 1.67. The van der Waals surface area contributed by atoms with Crippen LogP contribution in [-0.2, 0) is 4.79 Å². The van der Waals surface area contributed by atoms with E-state index in [1.165, 1.54) is 0 Å². The first-order chi connectivity index (χ1) is 9.24. The molecule has 1 aliphatic rings. The molecule has 0 saturated heterocycles. The minimum Gasteiger partial charge on any atom is -0.367 e. The molecule has 0 spiro atoms. The van der Waals surface area contributed by atoms with Gasteiger partial charge >= 0.3 is 0 Å². The summed E-state index contributed by atoms with van der Waals surface area (Å²) in [5.74, 6) is 1.28. The van der Waals surface area contributed by atoms with Gasteiger partial charge in [0.15, 0.2) is 0 Å². The van der Waals surface area contributed by atoms with Gasteiger partial charge in [-0.05, 0) is 37.8 Å². The third-order valence-corrected chi connectivity index (χ3v) is 3.11. The van der Waals surface area contributed by atoms with Gasteiger partial charge in [-0.15, -0.1) is 5.10 Å². The van der Waals surface area contributed by atoms with Crippen molar-refractivity contribution in [2.24, 2.45) is 5.92 Å². The van der Waals surface area contributed by atoms with Crippen molar-refractivity contribution >= 4 is 11.7 Å². The van der Waals surface area contributed by atoms with Gasteiger partial charge in [0.05, 0.1) is 5.69 Å². The van der Waals surface area contributed by atoms with E-state index in [1.54, 1.807) is 0 Å². The van der Waals surface area contributed by atoms with Crippen LogP contribution in [0.2, 0.25) is 0 Å². The molecular weight excluding hydrogens is 240 g/mol. The van der Waals surface area contributed by atoms with E-state index in [0.29, 0.717) is 25.4 Å². The average molecular weight is 260 g/mol. The first kappa shape index (κ1) is 13.5. The highest BCUT2D eigenvalue weighted by atomic mass is 16.1. The molecular formula is C14H20N4O. The Morgan fingerprint density at radius 1 is 1.37 bits per heavy atom. The van der Waals surface area contributed by atoms with Gasteiger partial charge in [-0.3, -0.25) is 4.79 Å². The third kappa shape index (κ3) is 4.69. The number of amides is 1. The summed E-state index contributed by atoms with van der Waals surface area (Å²) in [6, 6.07) is 3.79. The van der Waals surface area contributed by atoms with Gasteiger partial charge in [0.25, 0.3) is 0 Å². The Balaban J connectivity index is 1.59. The van der Waals surface area contributed by atoms with Gasteiger partial charge < -0.3 is 10.6 Å². The van der Waals surface area contributed by atoms with E-state index < -0.39 is 0 Å². The lowest BCUT2D eigenvalue weighted by Crippen LogP contribution is -2.29. The number of hydrogen-bond donors (Lipinski definition) is 2. The van der Waals surface area contributed by atoms with E-state index >= 15 is 0 Å². The Bertz CT molecular complexity index is 441. The number of rotatable bonds is 6. The summed E-state index contributed by atoms with van der Waals surface area (Å²) in [5, 5.41) is 14.0. The largest absolute Gasteiger partial charge is 0.367 e. The zero-order valence-corrected chi connectivity index (χ0v) is 11.2. The highest BCUT2D eigenvalue weighted by Crippen LogP contribution is 2.19. The zero-order valence-electron chi connectivity index (χ0n) is 11.2. The SMILES string of the molecule is Cc1ccc(NCCNC(=O)C[C@H]2C=CCC2)nn1. The van der Waals surface area contributed by atoms with Crippen molar-refractivity contribution in [3.63, 3.8) is 0 Å². The molecule has 2 rings (SSSR count). The van der Waals surface area contributed by atoms with Crippen molar-refractivity contribution in [3.8, 4) is 0 Å². The fraction of sp³-hybridized carbons (Fsp3) is 0.500. The number of aromatic nitrogens is 2. The van der Waals surface area contributed by atoms with Crippen LogP contribution in [0.1, 0.15) is 25.0 Å². The van der Waals surface area contributed by atoms with E-state index in [0.717, 1.165) is 24.4 Å². The van der Waals surface area contributed by atoms with Crippen LogP contribution in [0.15, 0.2) is 24.3 Å². The summed E-state index contributed by atoms with van der Waals surface area (Å²) < 4.78 is 0. The van der Waals surface area contributed by atoms with E-state index in [9.17, 15) is 4.79 Å². The number of aryl methyl sites for hydroxylation is 1. The van der Waals surface area contributed by atoms with Gasteiger partial charge in [0.2, 0.25) is 5.91 Å². The molecule has 0 aliphatic heterocycles. The molecule has 1 heterocycles. The topological polar surface area (TPSA) is 66.9 Å². The lowest BCUT2D eigenvalue weighted by molar-refractivity contribution is -0.121. The van der Waals surface area contributed by atoms with Crippen LogP contribution in [0.4, 0.5) is 5.82 Å². The van der Waals surface area contributed by atoms with E-state index in [2.05, 4.69) is 33.0 Å². The number of carbonyl (C=O) groups is 1. The summed E-state index contributed by atoms with van der Waals surface area (Å²) in [6.45, 7) is 3.16. The Morgan fingerprint density at radius 3 is 2.95 bits per heavy atom. The highest BCUT2D eigenvalue weighted by Gasteiger charge is 2.13. The summed E-state index contributed by atoms with van der Waals surface area (Å²) in [4.78, 5) is 11.7. The number of allylic oxidation sites excluding steroid dienone is 2. The average Bonchev–Trinajstić information content (AvgIpc) is 2.89. The molecule has 19 heavy (non-hydrogen) atoms. The van der Waals surface area contributed by atoms with Crippen molar-refractivity contribution in [2.75, 3.05) is 18.4 Å². The van der Waals surface area contributed by atoms with Crippen molar-refractivity contribution in [3.05, 3.63) is 30.0 Å². The maximum Gasteiger partial charge on any atom is 0.220 e. The number of anilines is 1. The van der Waals surface area contributed by atoms with Crippen LogP contribution in [-0.4, -0.2) is 29.2 Å². The standard InChI is InChI=1S/C14H20N4O/c1-11-6-7-13(18-17-11)15-8-9-16-14(19)10-12-4-2-3-5-12/h2,4,6-7,12H,3,5,8-10H2,1H3,(H,15,18)(H,16,19)/t12-/m0/s1. The highest BCUT2D eigenvalue weighted by molar-refractivity contribution is 5.76. The minimum absolute atomic E-state index is 0.119. The van der Waals surface area contributed by atoms with Gasteiger partial charge in [0, 0.05) is 19.5 Å². The second kappa shape index (κ2) is 6.87. The molecule has 0 unspecified atom stereocenters. The lowest BCUT2D eigenvalue weighted by atomic mass is 10.1. The van der Waals surface area contributed by atoms with Crippen molar-refractivity contribution in [1.29, 1.82) is 0 Å². The Kier molecular flexibility index (Phi) is 4.89. The second-order valence-electron chi connectivity index (χ2n) is 4.81. The van der Waals surface area contributed by atoms with Gasteiger partial charge in [-0.25, -0.2) is 0 Å². The van der Waals surface area contributed by atoms with Crippen LogP contribution in [0.5, 0.6) is 0 Å². The number of nitrogens with zero attached hydrogens (tertiary/aromatic N) is 2. The monoisotopic (exact) mass is 260 g/mol. The second-order valence-corrected chi connectivity index (χ2v) is 4.81. The molecule has 5 nitrogen and oxygen atoms in total. The fourth-order valence-corrected chi connectivity index (χ4v) is 2.06. The van der Waals surface area contributed by atoms with Crippen LogP contribution in [0, 0.1) is 12.8 Å². The van der Waals surface area contributed by atoms with Crippen molar-refractivity contribution in [1.82, 2.24) is 15.5 Å². The molecule has 1 atom stereocenters. The first-order valence-corrected chi connectivity index (χ1v) is 6.71. The zero-order chi connectivity index (χ0) is 13.5. The Hall–Kier alpha value is -1.91. The Labute approximate surface area is 113 Å². The molecule has 1 aliphatic carbocycles. The van der Waals surface area contributed by atoms with Crippen LogP contribution >= 0.6 is 0 Å². The summed E-state index contributed by atoms with van der Waals surface area (Å²) in [6.07, 6.45) is 7.09. The maximum atomic E-state index is 11.7. The molecule has 0 saturated carbocycles. The number of hydrogen-bond acceptors (Lipinski definition) is 4.